The lowest BCUT2D eigenvalue weighted by Crippen LogP contribution is -2.50. The fourth-order valence-electron chi connectivity index (χ4n) is 3.62. The number of nitriles is 1. The molecule has 0 radical (unpaired) electrons. The van der Waals surface area contributed by atoms with Crippen LogP contribution in [0.4, 0.5) is 5.00 Å². The Kier molecular flexibility index (Phi) is 5.94. The number of nitrogens with one attached hydrogen (secondary N) is 1. The van der Waals surface area contributed by atoms with Crippen molar-refractivity contribution in [2.24, 2.45) is 5.92 Å². The Bertz CT molecular complexity index is 727. The molecular formula is C19H26N4O2S. The Balaban J connectivity index is 1.46. The molecule has 1 N–H and O–H groups in total. The van der Waals surface area contributed by atoms with Gasteiger partial charge in [0.2, 0.25) is 11.8 Å². The van der Waals surface area contributed by atoms with Crippen molar-refractivity contribution in [1.29, 1.82) is 5.26 Å². The van der Waals surface area contributed by atoms with Gasteiger partial charge in [-0.25, -0.2) is 0 Å². The van der Waals surface area contributed by atoms with Crippen LogP contribution in [0.3, 0.4) is 0 Å². The topological polar surface area (TPSA) is 76.4 Å². The smallest absolute Gasteiger partial charge is 0.226 e. The lowest BCUT2D eigenvalue weighted by atomic mass is 10.1. The van der Waals surface area contributed by atoms with Crippen LogP contribution in [0.5, 0.6) is 0 Å². The van der Waals surface area contributed by atoms with Gasteiger partial charge in [0.1, 0.15) is 11.1 Å². The number of aryl methyl sites for hydroxylation is 1. The summed E-state index contributed by atoms with van der Waals surface area (Å²) >= 11 is 1.56. The maximum Gasteiger partial charge on any atom is 0.226 e. The third-order valence-corrected chi connectivity index (χ3v) is 6.33. The van der Waals surface area contributed by atoms with E-state index in [-0.39, 0.29) is 17.7 Å². The van der Waals surface area contributed by atoms with Crippen molar-refractivity contribution >= 4 is 28.2 Å². The summed E-state index contributed by atoms with van der Waals surface area (Å²) in [7, 11) is 0. The molecule has 3 rings (SSSR count). The van der Waals surface area contributed by atoms with Gasteiger partial charge < -0.3 is 10.2 Å². The van der Waals surface area contributed by atoms with Crippen molar-refractivity contribution in [2.75, 3.05) is 38.0 Å². The van der Waals surface area contributed by atoms with E-state index >= 15 is 0 Å². The van der Waals surface area contributed by atoms with Crippen molar-refractivity contribution in [3.63, 3.8) is 0 Å². The number of hydrogen-bond acceptors (Lipinski definition) is 5. The highest BCUT2D eigenvalue weighted by atomic mass is 32.1. The quantitative estimate of drug-likeness (QED) is 0.857. The van der Waals surface area contributed by atoms with Crippen LogP contribution in [-0.2, 0) is 22.4 Å². The lowest BCUT2D eigenvalue weighted by molar-refractivity contribution is -0.136. The molecule has 1 fully saturated rings. The zero-order valence-electron chi connectivity index (χ0n) is 15.5. The Morgan fingerprint density at radius 2 is 1.96 bits per heavy atom. The number of carbonyl (C=O) groups excluding carboxylic acids is 2. The summed E-state index contributed by atoms with van der Waals surface area (Å²) < 4.78 is 0. The van der Waals surface area contributed by atoms with E-state index in [1.807, 2.05) is 18.7 Å². The van der Waals surface area contributed by atoms with Crippen molar-refractivity contribution in [3.8, 4) is 6.07 Å². The third-order valence-electron chi connectivity index (χ3n) is 5.12. The van der Waals surface area contributed by atoms with Gasteiger partial charge >= 0.3 is 0 Å². The summed E-state index contributed by atoms with van der Waals surface area (Å²) in [5, 5.41) is 13.0. The lowest BCUT2D eigenvalue weighted by Gasteiger charge is -2.35. The first-order valence-electron chi connectivity index (χ1n) is 9.35. The van der Waals surface area contributed by atoms with Gasteiger partial charge in [-0.3, -0.25) is 14.5 Å². The number of anilines is 1. The first kappa shape index (κ1) is 18.9. The van der Waals surface area contributed by atoms with E-state index in [4.69, 9.17) is 0 Å². The Hall–Kier alpha value is -1.91. The molecule has 6 nitrogen and oxygen atoms in total. The highest BCUT2D eigenvalue weighted by molar-refractivity contribution is 7.16. The molecule has 7 heteroatoms. The summed E-state index contributed by atoms with van der Waals surface area (Å²) in [4.78, 5) is 29.7. The molecular weight excluding hydrogens is 348 g/mol. The number of amides is 2. The fourth-order valence-corrected chi connectivity index (χ4v) is 4.87. The number of nitrogens with zero attached hydrogens (tertiary/aromatic N) is 3. The normalized spacial score (nSPS) is 17.2. The van der Waals surface area contributed by atoms with Gasteiger partial charge in [-0.1, -0.05) is 13.8 Å². The molecule has 0 saturated carbocycles. The van der Waals surface area contributed by atoms with E-state index in [1.165, 1.54) is 4.88 Å². The standard InChI is InChI=1S/C19H26N4O2S/c1-13(2)19(25)23-10-8-22(9-11-23)7-6-17(24)21-18-15(12-20)14-4-3-5-16(14)26-18/h13H,3-11H2,1-2H3,(H,21,24). The molecule has 26 heavy (non-hydrogen) atoms. The van der Waals surface area contributed by atoms with Crippen LogP contribution < -0.4 is 5.32 Å². The van der Waals surface area contributed by atoms with Crippen LogP contribution in [0.25, 0.3) is 0 Å². The van der Waals surface area contributed by atoms with Gasteiger partial charge in [0.15, 0.2) is 0 Å². The van der Waals surface area contributed by atoms with Crippen molar-refractivity contribution in [2.45, 2.75) is 39.5 Å². The van der Waals surface area contributed by atoms with Crippen LogP contribution in [0, 0.1) is 17.2 Å². The van der Waals surface area contributed by atoms with Gasteiger partial charge in [-0.05, 0) is 24.8 Å². The van der Waals surface area contributed by atoms with Crippen LogP contribution in [0.2, 0.25) is 0 Å². The highest BCUT2D eigenvalue weighted by Crippen LogP contribution is 2.38. The molecule has 0 unspecified atom stereocenters. The van der Waals surface area contributed by atoms with Gasteiger partial charge in [0.25, 0.3) is 0 Å². The van der Waals surface area contributed by atoms with Crippen molar-refractivity contribution in [3.05, 3.63) is 16.0 Å². The number of fused-ring (bicyclic) bond motifs is 1. The number of thiophene rings is 1. The summed E-state index contributed by atoms with van der Waals surface area (Å²) in [6.07, 6.45) is 3.48. The molecule has 2 amide bonds. The molecule has 140 valence electrons. The number of rotatable bonds is 5. The summed E-state index contributed by atoms with van der Waals surface area (Å²) in [6.45, 7) is 7.61. The predicted molar refractivity (Wildman–Crippen MR) is 102 cm³/mol. The van der Waals surface area contributed by atoms with E-state index < -0.39 is 0 Å². The van der Waals surface area contributed by atoms with Crippen LogP contribution in [-0.4, -0.2) is 54.3 Å². The fraction of sp³-hybridized carbons (Fsp3) is 0.632. The third kappa shape index (κ3) is 4.08. The molecule has 0 atom stereocenters. The number of carbonyl (C=O) groups is 2. The van der Waals surface area contributed by atoms with E-state index in [2.05, 4.69) is 16.3 Å². The highest BCUT2D eigenvalue weighted by Gasteiger charge is 2.25. The molecule has 1 aliphatic carbocycles. The Morgan fingerprint density at radius 3 is 2.62 bits per heavy atom. The molecule has 2 aliphatic rings. The molecule has 0 aromatic carbocycles. The number of hydrogen-bond donors (Lipinski definition) is 1. The van der Waals surface area contributed by atoms with Gasteiger partial charge in [-0.15, -0.1) is 11.3 Å². The van der Waals surface area contributed by atoms with Gasteiger partial charge in [0.05, 0.1) is 5.56 Å². The zero-order valence-corrected chi connectivity index (χ0v) is 16.3. The van der Waals surface area contributed by atoms with E-state index in [0.717, 1.165) is 56.0 Å². The number of piperazine rings is 1. The first-order valence-corrected chi connectivity index (χ1v) is 10.2. The Labute approximate surface area is 158 Å². The summed E-state index contributed by atoms with van der Waals surface area (Å²) in [6, 6.07) is 2.26. The zero-order chi connectivity index (χ0) is 18.7. The minimum Gasteiger partial charge on any atom is -0.340 e. The van der Waals surface area contributed by atoms with Crippen molar-refractivity contribution in [1.82, 2.24) is 9.80 Å². The maximum atomic E-state index is 12.3. The molecule has 1 saturated heterocycles. The second kappa shape index (κ2) is 8.19. The minimum atomic E-state index is -0.0397. The van der Waals surface area contributed by atoms with E-state index in [1.54, 1.807) is 11.3 Å². The second-order valence-corrected chi connectivity index (χ2v) is 8.40. The largest absolute Gasteiger partial charge is 0.340 e. The predicted octanol–water partition coefficient (Wildman–Crippen LogP) is 2.24. The van der Waals surface area contributed by atoms with E-state index in [0.29, 0.717) is 18.5 Å². The molecule has 0 spiro atoms. The monoisotopic (exact) mass is 374 g/mol. The molecule has 1 aromatic heterocycles. The van der Waals surface area contributed by atoms with E-state index in [9.17, 15) is 14.9 Å². The van der Waals surface area contributed by atoms with Gasteiger partial charge in [0, 0.05) is 49.9 Å². The van der Waals surface area contributed by atoms with Crippen LogP contribution >= 0.6 is 11.3 Å². The van der Waals surface area contributed by atoms with Crippen molar-refractivity contribution < 1.29 is 9.59 Å². The maximum absolute atomic E-state index is 12.3. The molecule has 2 heterocycles. The van der Waals surface area contributed by atoms with Gasteiger partial charge in [-0.2, -0.15) is 5.26 Å². The average Bonchev–Trinajstić information content (AvgIpc) is 3.20. The van der Waals surface area contributed by atoms with Crippen LogP contribution in [0.1, 0.15) is 42.7 Å². The van der Waals surface area contributed by atoms with Crippen LogP contribution in [0.15, 0.2) is 0 Å². The SMILES string of the molecule is CC(C)C(=O)N1CCN(CCC(=O)Nc2sc3c(c2C#N)CCC3)CC1. The molecule has 1 aliphatic heterocycles. The second-order valence-electron chi connectivity index (χ2n) is 7.29. The Morgan fingerprint density at radius 1 is 1.23 bits per heavy atom. The average molecular weight is 375 g/mol. The first-order chi connectivity index (χ1) is 12.5. The summed E-state index contributed by atoms with van der Waals surface area (Å²) in [5.41, 5.74) is 1.80. The summed E-state index contributed by atoms with van der Waals surface area (Å²) in [5.74, 6) is 0.202. The minimum absolute atomic E-state index is 0.0362. The molecule has 1 aromatic rings. The molecule has 0 bridgehead atoms.